The maximum Gasteiger partial charge on any atom is 0.0629 e. The Labute approximate surface area is 95.0 Å². The summed E-state index contributed by atoms with van der Waals surface area (Å²) in [6.07, 6.45) is 11.4. The van der Waals surface area contributed by atoms with E-state index in [2.05, 4.69) is 9.97 Å². The third-order valence-corrected chi connectivity index (χ3v) is 2.02. The van der Waals surface area contributed by atoms with Crippen LogP contribution in [0, 0.1) is 0 Å². The normalized spacial score (nSPS) is 11.2. The van der Waals surface area contributed by atoms with Crippen LogP contribution in [-0.4, -0.2) is 9.97 Å². The predicted octanol–water partition coefficient (Wildman–Crippen LogP) is 3.20. The summed E-state index contributed by atoms with van der Waals surface area (Å²) in [5.74, 6) is 0. The Morgan fingerprint density at radius 3 is 1.56 bits per heavy atom. The lowest BCUT2D eigenvalue weighted by Gasteiger charge is -1.89. The van der Waals surface area contributed by atoms with E-state index in [0.29, 0.717) is 0 Å². The number of pyridine rings is 2. The van der Waals surface area contributed by atoms with Crippen molar-refractivity contribution in [3.8, 4) is 0 Å². The van der Waals surface area contributed by atoms with Gasteiger partial charge >= 0.3 is 0 Å². The Bertz CT molecular complexity index is 425. The van der Waals surface area contributed by atoms with Crippen LogP contribution in [0.5, 0.6) is 0 Å². The molecule has 0 radical (unpaired) electrons. The summed E-state index contributed by atoms with van der Waals surface area (Å²) in [4.78, 5) is 8.37. The summed E-state index contributed by atoms with van der Waals surface area (Å²) in [6, 6.07) is 11.7. The first-order valence-corrected chi connectivity index (χ1v) is 5.12. The summed E-state index contributed by atoms with van der Waals surface area (Å²) >= 11 is 0. The molecule has 2 heterocycles. The number of hydrogen-bond donors (Lipinski definition) is 0. The Balaban J connectivity index is 1.98. The quantitative estimate of drug-likeness (QED) is 0.724. The maximum absolute atomic E-state index is 4.19. The summed E-state index contributed by atoms with van der Waals surface area (Å²) in [5.41, 5.74) is 1.90. The molecule has 2 heteroatoms. The number of allylic oxidation sites excluding steroid dienone is 2. The van der Waals surface area contributed by atoms with Crippen molar-refractivity contribution in [3.05, 3.63) is 72.3 Å². The van der Waals surface area contributed by atoms with Gasteiger partial charge in [-0.2, -0.15) is 0 Å². The highest BCUT2D eigenvalue weighted by molar-refractivity contribution is 5.53. The van der Waals surface area contributed by atoms with E-state index in [9.17, 15) is 0 Å². The molecule has 2 aromatic heterocycles. The van der Waals surface area contributed by atoms with Crippen molar-refractivity contribution < 1.29 is 0 Å². The third-order valence-electron chi connectivity index (χ3n) is 2.02. The fourth-order valence-corrected chi connectivity index (χ4v) is 1.26. The van der Waals surface area contributed by atoms with E-state index in [1.54, 1.807) is 12.4 Å². The number of nitrogens with zero attached hydrogens (tertiary/aromatic N) is 2. The van der Waals surface area contributed by atoms with Crippen LogP contribution in [0.1, 0.15) is 11.4 Å². The van der Waals surface area contributed by atoms with Crippen molar-refractivity contribution in [3.63, 3.8) is 0 Å². The Morgan fingerprint density at radius 1 is 0.688 bits per heavy atom. The third kappa shape index (κ3) is 3.17. The Morgan fingerprint density at radius 2 is 1.19 bits per heavy atom. The molecule has 0 atom stereocenters. The molecule has 78 valence electrons. The van der Waals surface area contributed by atoms with Crippen LogP contribution in [0.25, 0.3) is 12.2 Å². The lowest BCUT2D eigenvalue weighted by atomic mass is 10.3. The Kier molecular flexibility index (Phi) is 3.61. The molecular weight excluding hydrogens is 196 g/mol. The van der Waals surface area contributed by atoms with Crippen LogP contribution < -0.4 is 0 Å². The van der Waals surface area contributed by atoms with Gasteiger partial charge in [0, 0.05) is 12.4 Å². The highest BCUT2D eigenvalue weighted by Gasteiger charge is 1.83. The number of hydrogen-bond acceptors (Lipinski definition) is 2. The van der Waals surface area contributed by atoms with Crippen LogP contribution in [0.3, 0.4) is 0 Å². The van der Waals surface area contributed by atoms with Gasteiger partial charge in [-0.1, -0.05) is 24.3 Å². The molecule has 2 rings (SSSR count). The van der Waals surface area contributed by atoms with Gasteiger partial charge in [0.1, 0.15) is 0 Å². The van der Waals surface area contributed by atoms with E-state index in [0.717, 1.165) is 11.4 Å². The second-order valence-corrected chi connectivity index (χ2v) is 3.23. The van der Waals surface area contributed by atoms with Gasteiger partial charge < -0.3 is 0 Å². The number of aromatic nitrogens is 2. The van der Waals surface area contributed by atoms with Gasteiger partial charge in [-0.05, 0) is 36.4 Å². The topological polar surface area (TPSA) is 25.8 Å². The molecule has 0 bridgehead atoms. The average Bonchev–Trinajstić information content (AvgIpc) is 2.37. The average molecular weight is 208 g/mol. The molecule has 0 N–H and O–H groups in total. The molecule has 0 unspecified atom stereocenters. The van der Waals surface area contributed by atoms with Gasteiger partial charge in [0.2, 0.25) is 0 Å². The van der Waals surface area contributed by atoms with Crippen molar-refractivity contribution in [2.45, 2.75) is 0 Å². The first-order chi connectivity index (χ1) is 7.95. The van der Waals surface area contributed by atoms with E-state index in [1.807, 2.05) is 60.7 Å². The van der Waals surface area contributed by atoms with Crippen LogP contribution in [0.15, 0.2) is 60.9 Å². The van der Waals surface area contributed by atoms with Crippen LogP contribution >= 0.6 is 0 Å². The van der Waals surface area contributed by atoms with Crippen LogP contribution in [0.4, 0.5) is 0 Å². The second kappa shape index (κ2) is 5.61. The standard InChI is InChI=1S/C14H12N2/c1(7-13-9-3-5-11-15-13)2-8-14-10-4-6-12-16-14/h1-12H. The van der Waals surface area contributed by atoms with Gasteiger partial charge in [-0.15, -0.1) is 0 Å². The largest absolute Gasteiger partial charge is 0.257 e. The van der Waals surface area contributed by atoms with Crippen molar-refractivity contribution in [1.82, 2.24) is 9.97 Å². The van der Waals surface area contributed by atoms with Gasteiger partial charge in [-0.3, -0.25) is 9.97 Å². The van der Waals surface area contributed by atoms with Crippen LogP contribution in [0.2, 0.25) is 0 Å². The minimum absolute atomic E-state index is 0.952. The minimum Gasteiger partial charge on any atom is -0.257 e. The van der Waals surface area contributed by atoms with Gasteiger partial charge in [-0.25, -0.2) is 0 Å². The number of rotatable bonds is 3. The smallest absolute Gasteiger partial charge is 0.0629 e. The van der Waals surface area contributed by atoms with Gasteiger partial charge in [0.25, 0.3) is 0 Å². The van der Waals surface area contributed by atoms with E-state index in [1.165, 1.54) is 0 Å². The minimum atomic E-state index is 0.952. The van der Waals surface area contributed by atoms with E-state index in [-0.39, 0.29) is 0 Å². The first kappa shape index (κ1) is 10.3. The summed E-state index contributed by atoms with van der Waals surface area (Å²) in [5, 5.41) is 0. The molecule has 2 nitrogen and oxygen atoms in total. The zero-order valence-corrected chi connectivity index (χ0v) is 8.82. The molecule has 0 spiro atoms. The monoisotopic (exact) mass is 208 g/mol. The second-order valence-electron chi connectivity index (χ2n) is 3.23. The van der Waals surface area contributed by atoms with Gasteiger partial charge in [0.05, 0.1) is 11.4 Å². The summed E-state index contributed by atoms with van der Waals surface area (Å²) in [6.45, 7) is 0. The van der Waals surface area contributed by atoms with E-state index >= 15 is 0 Å². The molecular formula is C14H12N2. The zero-order chi connectivity index (χ0) is 11.1. The molecule has 2 aromatic rings. The van der Waals surface area contributed by atoms with Crippen molar-refractivity contribution in [1.29, 1.82) is 0 Å². The van der Waals surface area contributed by atoms with Gasteiger partial charge in [0.15, 0.2) is 0 Å². The first-order valence-electron chi connectivity index (χ1n) is 5.12. The molecule has 0 aliphatic carbocycles. The SMILES string of the molecule is C(C=Cc1ccccn1)=Cc1ccccn1. The van der Waals surface area contributed by atoms with Crippen molar-refractivity contribution >= 4 is 12.2 Å². The van der Waals surface area contributed by atoms with Crippen molar-refractivity contribution in [2.75, 3.05) is 0 Å². The molecule has 0 saturated heterocycles. The molecule has 0 aliphatic rings. The van der Waals surface area contributed by atoms with E-state index in [4.69, 9.17) is 0 Å². The zero-order valence-electron chi connectivity index (χ0n) is 8.82. The van der Waals surface area contributed by atoms with Crippen molar-refractivity contribution in [2.24, 2.45) is 0 Å². The summed E-state index contributed by atoms with van der Waals surface area (Å²) in [7, 11) is 0. The molecule has 0 aliphatic heterocycles. The highest BCUT2D eigenvalue weighted by atomic mass is 14.7. The molecule has 0 amide bonds. The van der Waals surface area contributed by atoms with Crippen LogP contribution in [-0.2, 0) is 0 Å². The lowest BCUT2D eigenvalue weighted by Crippen LogP contribution is -1.76. The maximum atomic E-state index is 4.19. The fraction of sp³-hybridized carbons (Fsp3) is 0. The molecule has 0 aromatic carbocycles. The highest BCUT2D eigenvalue weighted by Crippen LogP contribution is 1.99. The van der Waals surface area contributed by atoms with E-state index < -0.39 is 0 Å². The molecule has 0 fully saturated rings. The molecule has 0 saturated carbocycles. The Hall–Kier alpha value is -2.22. The fourth-order valence-electron chi connectivity index (χ4n) is 1.26. The predicted molar refractivity (Wildman–Crippen MR) is 66.5 cm³/mol. The lowest BCUT2D eigenvalue weighted by molar-refractivity contribution is 1.29. The molecule has 16 heavy (non-hydrogen) atoms. The summed E-state index contributed by atoms with van der Waals surface area (Å²) < 4.78 is 0.